The van der Waals surface area contributed by atoms with Gasteiger partial charge in [-0.3, -0.25) is 0 Å². The summed E-state index contributed by atoms with van der Waals surface area (Å²) in [6, 6.07) is 5.23. The van der Waals surface area contributed by atoms with Crippen molar-refractivity contribution in [2.45, 2.75) is 12.7 Å². The van der Waals surface area contributed by atoms with E-state index in [1.165, 1.54) is 29.5 Å². The standard InChI is InChI=1S/C13H10F3NO4S/c14-13(15,16)21-9-3-1-2-8(6-9)20-12-17-7-10(22-12)11-18-4-5-19-11/h1-3,6-7,11H,4-5H2. The summed E-state index contributed by atoms with van der Waals surface area (Å²) in [5.74, 6) is -0.167. The highest BCUT2D eigenvalue weighted by Crippen LogP contribution is 2.34. The van der Waals surface area contributed by atoms with Crippen LogP contribution in [0, 0.1) is 0 Å². The summed E-state index contributed by atoms with van der Waals surface area (Å²) in [6.07, 6.45) is -3.66. The molecule has 0 radical (unpaired) electrons. The number of rotatable bonds is 4. The summed E-state index contributed by atoms with van der Waals surface area (Å²) in [4.78, 5) is 4.77. The van der Waals surface area contributed by atoms with Crippen LogP contribution in [-0.2, 0) is 9.47 Å². The van der Waals surface area contributed by atoms with Crippen LogP contribution >= 0.6 is 11.3 Å². The SMILES string of the molecule is FC(F)(F)Oc1cccc(Oc2ncc(C3OCCO3)s2)c1. The van der Waals surface area contributed by atoms with E-state index in [1.807, 2.05) is 0 Å². The van der Waals surface area contributed by atoms with Crippen LogP contribution in [0.25, 0.3) is 0 Å². The van der Waals surface area contributed by atoms with E-state index in [-0.39, 0.29) is 16.7 Å². The van der Waals surface area contributed by atoms with Gasteiger partial charge in [0.05, 0.1) is 24.3 Å². The average molecular weight is 333 g/mol. The van der Waals surface area contributed by atoms with Crippen LogP contribution in [-0.4, -0.2) is 24.6 Å². The Hall–Kier alpha value is -1.84. The van der Waals surface area contributed by atoms with Crippen molar-refractivity contribution in [3.05, 3.63) is 35.3 Å². The van der Waals surface area contributed by atoms with Gasteiger partial charge in [-0.05, 0) is 12.1 Å². The van der Waals surface area contributed by atoms with Gasteiger partial charge in [0, 0.05) is 6.07 Å². The minimum atomic E-state index is -4.75. The highest BCUT2D eigenvalue weighted by atomic mass is 32.1. The number of ether oxygens (including phenoxy) is 4. The Morgan fingerprint density at radius 1 is 1.18 bits per heavy atom. The zero-order valence-corrected chi connectivity index (χ0v) is 11.8. The molecular weight excluding hydrogens is 323 g/mol. The number of hydrogen-bond donors (Lipinski definition) is 0. The molecule has 0 unspecified atom stereocenters. The third kappa shape index (κ3) is 3.87. The monoisotopic (exact) mass is 333 g/mol. The Morgan fingerprint density at radius 3 is 2.64 bits per heavy atom. The van der Waals surface area contributed by atoms with E-state index in [4.69, 9.17) is 14.2 Å². The molecule has 0 saturated carbocycles. The third-order valence-electron chi connectivity index (χ3n) is 2.60. The molecule has 0 bridgehead atoms. The van der Waals surface area contributed by atoms with Gasteiger partial charge < -0.3 is 18.9 Å². The fourth-order valence-electron chi connectivity index (χ4n) is 1.78. The largest absolute Gasteiger partial charge is 0.573 e. The minimum Gasteiger partial charge on any atom is -0.431 e. The van der Waals surface area contributed by atoms with E-state index in [0.717, 1.165) is 10.9 Å². The van der Waals surface area contributed by atoms with Crippen LogP contribution in [0.3, 0.4) is 0 Å². The summed E-state index contributed by atoms with van der Waals surface area (Å²) in [7, 11) is 0. The second-order valence-electron chi connectivity index (χ2n) is 4.23. The number of hydrogen-bond acceptors (Lipinski definition) is 6. The molecule has 22 heavy (non-hydrogen) atoms. The normalized spacial score (nSPS) is 16.0. The first-order valence-electron chi connectivity index (χ1n) is 6.22. The van der Waals surface area contributed by atoms with Crippen molar-refractivity contribution in [2.24, 2.45) is 0 Å². The quantitative estimate of drug-likeness (QED) is 0.850. The molecule has 0 amide bonds. The lowest BCUT2D eigenvalue weighted by molar-refractivity contribution is -0.274. The maximum Gasteiger partial charge on any atom is 0.573 e. The average Bonchev–Trinajstić information content (AvgIpc) is 3.07. The Balaban J connectivity index is 1.69. The fraction of sp³-hybridized carbons (Fsp3) is 0.308. The molecule has 9 heteroatoms. The van der Waals surface area contributed by atoms with Crippen molar-refractivity contribution in [3.8, 4) is 16.7 Å². The number of benzene rings is 1. The molecule has 1 aliphatic rings. The van der Waals surface area contributed by atoms with E-state index in [1.54, 1.807) is 6.20 Å². The highest BCUT2D eigenvalue weighted by Gasteiger charge is 2.31. The summed E-state index contributed by atoms with van der Waals surface area (Å²) in [5, 5.41) is 0.276. The number of alkyl halides is 3. The lowest BCUT2D eigenvalue weighted by Crippen LogP contribution is -2.16. The van der Waals surface area contributed by atoms with E-state index < -0.39 is 12.7 Å². The van der Waals surface area contributed by atoms with Gasteiger partial charge in [0.15, 0.2) is 6.29 Å². The van der Waals surface area contributed by atoms with Gasteiger partial charge in [0.2, 0.25) is 0 Å². The first-order valence-corrected chi connectivity index (χ1v) is 7.04. The molecule has 0 atom stereocenters. The topological polar surface area (TPSA) is 49.8 Å². The van der Waals surface area contributed by atoms with Crippen molar-refractivity contribution in [3.63, 3.8) is 0 Å². The molecule has 0 aliphatic carbocycles. The summed E-state index contributed by atoms with van der Waals surface area (Å²) in [5.41, 5.74) is 0. The first-order chi connectivity index (χ1) is 10.5. The van der Waals surface area contributed by atoms with Crippen LogP contribution in [0.2, 0.25) is 0 Å². The fourth-order valence-corrected chi connectivity index (χ4v) is 2.57. The number of halogens is 3. The molecule has 1 fully saturated rings. The molecule has 5 nitrogen and oxygen atoms in total. The van der Waals surface area contributed by atoms with Crippen molar-refractivity contribution in [2.75, 3.05) is 13.2 Å². The van der Waals surface area contributed by atoms with Crippen LogP contribution in [0.5, 0.6) is 16.7 Å². The highest BCUT2D eigenvalue weighted by molar-refractivity contribution is 7.13. The lowest BCUT2D eigenvalue weighted by atomic mass is 10.3. The molecule has 1 aromatic carbocycles. The van der Waals surface area contributed by atoms with Crippen molar-refractivity contribution in [1.82, 2.24) is 4.98 Å². The molecule has 0 N–H and O–H groups in total. The number of thiazole rings is 1. The van der Waals surface area contributed by atoms with Crippen LogP contribution in [0.15, 0.2) is 30.5 Å². The van der Waals surface area contributed by atoms with Gasteiger partial charge >= 0.3 is 6.36 Å². The Bertz CT molecular complexity index is 640. The minimum absolute atomic E-state index is 0.191. The molecule has 2 aromatic rings. The third-order valence-corrected chi connectivity index (χ3v) is 3.50. The van der Waals surface area contributed by atoms with E-state index in [2.05, 4.69) is 9.72 Å². The maximum atomic E-state index is 12.2. The van der Waals surface area contributed by atoms with Crippen LogP contribution in [0.1, 0.15) is 11.2 Å². The van der Waals surface area contributed by atoms with E-state index >= 15 is 0 Å². The summed E-state index contributed by atoms with van der Waals surface area (Å²) < 4.78 is 56.4. The Labute approximate surface area is 127 Å². The summed E-state index contributed by atoms with van der Waals surface area (Å²) in [6.45, 7) is 1.02. The second-order valence-corrected chi connectivity index (χ2v) is 5.25. The van der Waals surface area contributed by atoms with Crippen molar-refractivity contribution in [1.29, 1.82) is 0 Å². The molecule has 118 valence electrons. The number of nitrogens with zero attached hydrogens (tertiary/aromatic N) is 1. The smallest absolute Gasteiger partial charge is 0.431 e. The lowest BCUT2D eigenvalue weighted by Gasteiger charge is -2.09. The predicted octanol–water partition coefficient (Wildman–Crippen LogP) is 3.88. The zero-order valence-electron chi connectivity index (χ0n) is 11.0. The maximum absolute atomic E-state index is 12.2. The molecule has 1 aliphatic heterocycles. The zero-order chi connectivity index (χ0) is 15.6. The van der Waals surface area contributed by atoms with Gasteiger partial charge in [0.1, 0.15) is 11.5 Å². The van der Waals surface area contributed by atoms with Crippen molar-refractivity contribution >= 4 is 11.3 Å². The number of aromatic nitrogens is 1. The Morgan fingerprint density at radius 2 is 1.91 bits per heavy atom. The molecule has 1 aromatic heterocycles. The van der Waals surface area contributed by atoms with Crippen LogP contribution < -0.4 is 9.47 Å². The van der Waals surface area contributed by atoms with Crippen LogP contribution in [0.4, 0.5) is 13.2 Å². The van der Waals surface area contributed by atoms with Crippen molar-refractivity contribution < 1.29 is 32.1 Å². The van der Waals surface area contributed by atoms with E-state index in [0.29, 0.717) is 13.2 Å². The van der Waals surface area contributed by atoms with Gasteiger partial charge in [-0.2, -0.15) is 0 Å². The van der Waals surface area contributed by atoms with Gasteiger partial charge in [0.25, 0.3) is 5.19 Å². The molecule has 0 spiro atoms. The molecular formula is C13H10F3NO4S. The predicted molar refractivity (Wildman–Crippen MR) is 70.0 cm³/mol. The molecule has 3 rings (SSSR count). The van der Waals surface area contributed by atoms with E-state index in [9.17, 15) is 13.2 Å². The molecule has 2 heterocycles. The van der Waals surface area contributed by atoms with Gasteiger partial charge in [-0.1, -0.05) is 17.4 Å². The van der Waals surface area contributed by atoms with Gasteiger partial charge in [-0.25, -0.2) is 4.98 Å². The Kier molecular flexibility index (Phi) is 4.19. The van der Waals surface area contributed by atoms with Gasteiger partial charge in [-0.15, -0.1) is 13.2 Å². The first kappa shape index (κ1) is 15.1. The second kappa shape index (κ2) is 6.11. The summed E-state index contributed by atoms with van der Waals surface area (Å²) >= 11 is 1.20. The molecule has 1 saturated heterocycles.